The summed E-state index contributed by atoms with van der Waals surface area (Å²) in [6.45, 7) is 6.27. The standard InChI is InChI=1S/C14H23N5S2/c1-11-8-13(17-14(15)16-11)19-4-2-18(3-5-19)12-9-20-6-7-21-10-12/h8,12H,2-7,9-10H2,1H3,(H2,15,16,17). The van der Waals surface area contributed by atoms with Crippen molar-refractivity contribution in [3.05, 3.63) is 11.8 Å². The minimum atomic E-state index is 0.379. The molecule has 1 aromatic rings. The number of nitrogens with two attached hydrogens (primary N) is 1. The van der Waals surface area contributed by atoms with Crippen molar-refractivity contribution in [1.29, 1.82) is 0 Å². The molecule has 2 aliphatic rings. The van der Waals surface area contributed by atoms with E-state index in [9.17, 15) is 0 Å². The van der Waals surface area contributed by atoms with Gasteiger partial charge in [0.15, 0.2) is 0 Å². The molecule has 0 spiro atoms. The molecule has 21 heavy (non-hydrogen) atoms. The lowest BCUT2D eigenvalue weighted by Gasteiger charge is -2.39. The lowest BCUT2D eigenvalue weighted by atomic mass is 10.2. The van der Waals surface area contributed by atoms with Crippen molar-refractivity contribution in [2.75, 3.05) is 59.8 Å². The minimum Gasteiger partial charge on any atom is -0.368 e. The highest BCUT2D eigenvalue weighted by Gasteiger charge is 2.25. The largest absolute Gasteiger partial charge is 0.368 e. The summed E-state index contributed by atoms with van der Waals surface area (Å²) in [5, 5.41) is 0. The Hall–Kier alpha value is -0.660. The first-order valence-electron chi connectivity index (χ1n) is 7.48. The lowest BCUT2D eigenvalue weighted by molar-refractivity contribution is 0.215. The SMILES string of the molecule is Cc1cc(N2CCN(C3CSCCSC3)CC2)nc(N)n1. The molecule has 5 nitrogen and oxygen atoms in total. The fraction of sp³-hybridized carbons (Fsp3) is 0.714. The van der Waals surface area contributed by atoms with Crippen LogP contribution in [0.15, 0.2) is 6.07 Å². The van der Waals surface area contributed by atoms with Crippen molar-refractivity contribution in [2.24, 2.45) is 0 Å². The first kappa shape index (κ1) is 15.2. The normalized spacial score (nSPS) is 22.2. The van der Waals surface area contributed by atoms with E-state index < -0.39 is 0 Å². The second-order valence-electron chi connectivity index (χ2n) is 5.55. The quantitative estimate of drug-likeness (QED) is 0.880. The van der Waals surface area contributed by atoms with Crippen molar-refractivity contribution in [3.63, 3.8) is 0 Å². The molecule has 116 valence electrons. The number of aromatic nitrogens is 2. The molecule has 0 amide bonds. The highest BCUT2D eigenvalue weighted by atomic mass is 32.2. The summed E-state index contributed by atoms with van der Waals surface area (Å²) in [5.41, 5.74) is 6.70. The van der Waals surface area contributed by atoms with E-state index in [0.717, 1.165) is 43.7 Å². The molecule has 1 aromatic heterocycles. The van der Waals surface area contributed by atoms with Crippen LogP contribution in [-0.2, 0) is 0 Å². The van der Waals surface area contributed by atoms with Crippen LogP contribution in [0, 0.1) is 6.92 Å². The zero-order chi connectivity index (χ0) is 14.7. The van der Waals surface area contributed by atoms with Crippen molar-refractivity contribution >= 4 is 35.3 Å². The number of nitrogen functional groups attached to an aromatic ring is 1. The second-order valence-corrected chi connectivity index (χ2v) is 7.85. The van der Waals surface area contributed by atoms with Crippen molar-refractivity contribution in [1.82, 2.24) is 14.9 Å². The zero-order valence-corrected chi connectivity index (χ0v) is 14.1. The molecule has 3 rings (SSSR count). The molecule has 0 radical (unpaired) electrons. The molecular formula is C14H23N5S2. The maximum absolute atomic E-state index is 5.76. The van der Waals surface area contributed by atoms with Gasteiger partial charge in [0.1, 0.15) is 5.82 Å². The Morgan fingerprint density at radius 1 is 1.10 bits per heavy atom. The highest BCUT2D eigenvalue weighted by Crippen LogP contribution is 2.23. The predicted molar refractivity (Wildman–Crippen MR) is 93.4 cm³/mol. The molecule has 7 heteroatoms. The van der Waals surface area contributed by atoms with Gasteiger partial charge in [-0.05, 0) is 6.92 Å². The second kappa shape index (κ2) is 7.07. The van der Waals surface area contributed by atoms with Gasteiger partial charge in [0.05, 0.1) is 0 Å². The number of nitrogens with zero attached hydrogens (tertiary/aromatic N) is 4. The van der Waals surface area contributed by atoms with Crippen LogP contribution < -0.4 is 10.6 Å². The summed E-state index contributed by atoms with van der Waals surface area (Å²) in [5.74, 6) is 6.54. The first-order chi connectivity index (χ1) is 10.2. The van der Waals surface area contributed by atoms with E-state index in [-0.39, 0.29) is 0 Å². The van der Waals surface area contributed by atoms with E-state index in [1.54, 1.807) is 0 Å². The fourth-order valence-corrected chi connectivity index (χ4v) is 5.49. The molecule has 0 unspecified atom stereocenters. The third kappa shape index (κ3) is 3.96. The molecule has 0 atom stereocenters. The van der Waals surface area contributed by atoms with Crippen LogP contribution in [0.4, 0.5) is 11.8 Å². The Balaban J connectivity index is 1.59. The maximum atomic E-state index is 5.76. The number of aryl methyl sites for hydroxylation is 1. The molecule has 0 aliphatic carbocycles. The van der Waals surface area contributed by atoms with Crippen LogP contribution in [0.1, 0.15) is 5.69 Å². The molecule has 0 aromatic carbocycles. The Bertz CT molecular complexity index is 448. The number of hydrogen-bond acceptors (Lipinski definition) is 7. The van der Waals surface area contributed by atoms with Gasteiger partial charge in [0, 0.05) is 67.0 Å². The average molecular weight is 326 g/mol. The summed E-state index contributed by atoms with van der Waals surface area (Å²) in [4.78, 5) is 13.5. The predicted octanol–water partition coefficient (Wildman–Crippen LogP) is 1.34. The summed E-state index contributed by atoms with van der Waals surface area (Å²) in [6, 6.07) is 2.77. The zero-order valence-electron chi connectivity index (χ0n) is 12.5. The molecule has 0 saturated carbocycles. The number of anilines is 2. The molecule has 2 fully saturated rings. The van der Waals surface area contributed by atoms with Crippen LogP contribution in [0.5, 0.6) is 0 Å². The minimum absolute atomic E-state index is 0.379. The number of thioether (sulfide) groups is 2. The third-order valence-corrected chi connectivity index (χ3v) is 6.49. The van der Waals surface area contributed by atoms with Crippen LogP contribution in [0.25, 0.3) is 0 Å². The molecule has 2 aliphatic heterocycles. The van der Waals surface area contributed by atoms with E-state index in [1.165, 1.54) is 23.0 Å². The fourth-order valence-electron chi connectivity index (χ4n) is 2.87. The van der Waals surface area contributed by atoms with Gasteiger partial charge in [0.25, 0.3) is 0 Å². The van der Waals surface area contributed by atoms with Crippen molar-refractivity contribution < 1.29 is 0 Å². The van der Waals surface area contributed by atoms with Gasteiger partial charge in [-0.25, -0.2) is 4.98 Å². The topological polar surface area (TPSA) is 58.3 Å². The highest BCUT2D eigenvalue weighted by molar-refractivity contribution is 8.03. The van der Waals surface area contributed by atoms with E-state index in [0.29, 0.717) is 5.95 Å². The molecule has 2 N–H and O–H groups in total. The number of hydrogen-bond donors (Lipinski definition) is 1. The Kier molecular flexibility index (Phi) is 5.13. The summed E-state index contributed by atoms with van der Waals surface area (Å²) in [7, 11) is 0. The first-order valence-corrected chi connectivity index (χ1v) is 9.79. The number of piperazine rings is 1. The van der Waals surface area contributed by atoms with Gasteiger partial charge in [-0.1, -0.05) is 0 Å². The van der Waals surface area contributed by atoms with Crippen LogP contribution >= 0.6 is 23.5 Å². The monoisotopic (exact) mass is 325 g/mol. The lowest BCUT2D eigenvalue weighted by Crippen LogP contribution is -2.52. The van der Waals surface area contributed by atoms with E-state index >= 15 is 0 Å². The van der Waals surface area contributed by atoms with Crippen LogP contribution in [0.3, 0.4) is 0 Å². The summed E-state index contributed by atoms with van der Waals surface area (Å²) in [6.07, 6.45) is 0. The average Bonchev–Trinajstić information content (AvgIpc) is 2.75. The Labute approximate surface area is 135 Å². The van der Waals surface area contributed by atoms with Gasteiger partial charge in [-0.3, -0.25) is 4.90 Å². The van der Waals surface area contributed by atoms with E-state index in [1.807, 2.05) is 13.0 Å². The maximum Gasteiger partial charge on any atom is 0.222 e. The Morgan fingerprint density at radius 3 is 2.38 bits per heavy atom. The molecule has 3 heterocycles. The van der Waals surface area contributed by atoms with Crippen LogP contribution in [-0.4, -0.2) is 70.1 Å². The van der Waals surface area contributed by atoms with E-state index in [4.69, 9.17) is 5.73 Å². The smallest absolute Gasteiger partial charge is 0.222 e. The summed E-state index contributed by atoms with van der Waals surface area (Å²) >= 11 is 4.21. The molecule has 2 saturated heterocycles. The third-order valence-electron chi connectivity index (χ3n) is 4.01. The summed E-state index contributed by atoms with van der Waals surface area (Å²) < 4.78 is 0. The molecular weight excluding hydrogens is 302 g/mol. The van der Waals surface area contributed by atoms with Crippen molar-refractivity contribution in [2.45, 2.75) is 13.0 Å². The number of rotatable bonds is 2. The van der Waals surface area contributed by atoms with Gasteiger partial charge < -0.3 is 10.6 Å². The van der Waals surface area contributed by atoms with Crippen LogP contribution in [0.2, 0.25) is 0 Å². The van der Waals surface area contributed by atoms with Gasteiger partial charge in [-0.2, -0.15) is 28.5 Å². The van der Waals surface area contributed by atoms with Gasteiger partial charge >= 0.3 is 0 Å². The molecule has 0 bridgehead atoms. The van der Waals surface area contributed by atoms with Gasteiger partial charge in [0.2, 0.25) is 5.95 Å². The van der Waals surface area contributed by atoms with Crippen molar-refractivity contribution in [3.8, 4) is 0 Å². The van der Waals surface area contributed by atoms with E-state index in [2.05, 4.69) is 43.3 Å². The van der Waals surface area contributed by atoms with Gasteiger partial charge in [-0.15, -0.1) is 0 Å². The Morgan fingerprint density at radius 2 is 1.76 bits per heavy atom.